The van der Waals surface area contributed by atoms with Gasteiger partial charge in [0.05, 0.1) is 16.7 Å². The lowest BCUT2D eigenvalue weighted by atomic mass is 9.64. The van der Waals surface area contributed by atoms with Crippen LogP contribution in [0.4, 0.5) is 21.9 Å². The molecule has 1 fully saturated rings. The molecule has 0 bridgehead atoms. The number of anilines is 2. The third-order valence-electron chi connectivity index (χ3n) is 7.30. The van der Waals surface area contributed by atoms with Crippen molar-refractivity contribution in [3.63, 3.8) is 0 Å². The summed E-state index contributed by atoms with van der Waals surface area (Å²) in [6.07, 6.45) is 0.580. The number of nitrogens with one attached hydrogen (secondary N) is 1. The third-order valence-corrected chi connectivity index (χ3v) is 7.55. The number of nitro groups is 1. The Balaban J connectivity index is 1.59. The first kappa shape index (κ1) is 22.2. The van der Waals surface area contributed by atoms with E-state index >= 15 is 0 Å². The molecule has 0 aliphatic carbocycles. The van der Waals surface area contributed by atoms with Crippen molar-refractivity contribution in [2.24, 2.45) is 5.41 Å². The number of carbonyl (C=O) groups excluding carboxylic acids is 3. The molecule has 1 spiro atoms. The number of non-ortho nitro benzene ring substituents is 1. The average Bonchev–Trinajstić information content (AvgIpc) is 2.87. The first-order valence-corrected chi connectivity index (χ1v) is 11.8. The molecule has 0 radical (unpaired) electrons. The molecule has 0 aromatic heterocycles. The van der Waals surface area contributed by atoms with Crippen molar-refractivity contribution in [1.82, 2.24) is 5.32 Å². The van der Waals surface area contributed by atoms with Crippen LogP contribution in [0.5, 0.6) is 0 Å². The fourth-order valence-corrected chi connectivity index (χ4v) is 5.86. The van der Waals surface area contributed by atoms with Gasteiger partial charge in [0.25, 0.3) is 11.6 Å². The first-order chi connectivity index (χ1) is 17.3. The molecule has 3 aromatic carbocycles. The summed E-state index contributed by atoms with van der Waals surface area (Å²) in [6.45, 7) is 0.504. The summed E-state index contributed by atoms with van der Waals surface area (Å²) < 4.78 is 0. The lowest BCUT2D eigenvalue weighted by Gasteiger charge is -2.54. The summed E-state index contributed by atoms with van der Waals surface area (Å²) in [7, 11) is 0. The molecule has 2 atom stereocenters. The minimum atomic E-state index is -1.73. The maximum absolute atomic E-state index is 14.4. The maximum atomic E-state index is 14.4. The van der Waals surface area contributed by atoms with Crippen molar-refractivity contribution in [2.45, 2.75) is 18.9 Å². The molecule has 36 heavy (non-hydrogen) atoms. The van der Waals surface area contributed by atoms with Gasteiger partial charge in [-0.05, 0) is 53.4 Å². The lowest BCUT2D eigenvalue weighted by molar-refractivity contribution is -0.384. The Morgan fingerprint density at radius 3 is 2.50 bits per heavy atom. The molecule has 6 rings (SSSR count). The third kappa shape index (κ3) is 3.06. The Morgan fingerprint density at radius 1 is 1.00 bits per heavy atom. The highest BCUT2D eigenvalue weighted by Crippen LogP contribution is 2.54. The number of nitro benzene ring substituents is 1. The zero-order chi connectivity index (χ0) is 25.2. The summed E-state index contributed by atoms with van der Waals surface area (Å²) >= 11 is 6.01. The smallest absolute Gasteiger partial charge is 0.335 e. The number of amides is 4. The molecule has 9 nitrogen and oxygen atoms in total. The average molecular weight is 503 g/mol. The molecule has 1 saturated heterocycles. The van der Waals surface area contributed by atoms with E-state index in [-0.39, 0.29) is 17.8 Å². The van der Waals surface area contributed by atoms with Crippen LogP contribution in [0.1, 0.15) is 22.7 Å². The van der Waals surface area contributed by atoms with Gasteiger partial charge in [-0.2, -0.15) is 0 Å². The SMILES string of the molecule is O=C1NC(=O)[C@]2(Cc3cc([N+](=O)[O-])ccc3N3CCc4ccccc4[C@@H]32)C(=O)N1c1ccc(Cl)cc1. The molecule has 0 unspecified atom stereocenters. The van der Waals surface area contributed by atoms with Crippen LogP contribution in [0.25, 0.3) is 0 Å². The molecule has 180 valence electrons. The molecule has 0 saturated carbocycles. The Morgan fingerprint density at radius 2 is 1.75 bits per heavy atom. The fraction of sp³-hybridized carbons (Fsp3) is 0.192. The van der Waals surface area contributed by atoms with E-state index in [0.717, 1.165) is 21.7 Å². The quantitative estimate of drug-likeness (QED) is 0.319. The van der Waals surface area contributed by atoms with Gasteiger partial charge in [0.2, 0.25) is 5.91 Å². The van der Waals surface area contributed by atoms with E-state index in [1.54, 1.807) is 18.2 Å². The highest BCUT2D eigenvalue weighted by atomic mass is 35.5. The standard InChI is InChI=1S/C26H19ClN4O5/c27-17-5-7-18(8-6-17)30-24(33)26(23(32)28-25(30)34)14-16-13-19(31(35)36)9-10-21(16)29-12-11-15-3-1-2-4-20(15)22(26)29/h1-10,13,22H,11-12,14H2,(H,28,32,34)/t22-,26-/m1/s1. The fourth-order valence-electron chi connectivity index (χ4n) is 5.74. The van der Waals surface area contributed by atoms with Gasteiger partial charge in [0.1, 0.15) is 0 Å². The van der Waals surface area contributed by atoms with Crippen LogP contribution in [0.15, 0.2) is 66.7 Å². The number of hydrogen-bond acceptors (Lipinski definition) is 6. The molecule has 3 heterocycles. The van der Waals surface area contributed by atoms with E-state index in [1.807, 2.05) is 29.2 Å². The van der Waals surface area contributed by atoms with Crippen molar-refractivity contribution < 1.29 is 19.3 Å². The van der Waals surface area contributed by atoms with Crippen LogP contribution in [0.2, 0.25) is 5.02 Å². The number of halogens is 1. The maximum Gasteiger partial charge on any atom is 0.335 e. The van der Waals surface area contributed by atoms with Gasteiger partial charge in [-0.15, -0.1) is 0 Å². The van der Waals surface area contributed by atoms with E-state index < -0.39 is 34.2 Å². The number of nitrogens with zero attached hydrogens (tertiary/aromatic N) is 3. The van der Waals surface area contributed by atoms with E-state index in [2.05, 4.69) is 5.32 Å². The number of imide groups is 2. The van der Waals surface area contributed by atoms with Gasteiger partial charge in [-0.25, -0.2) is 9.69 Å². The summed E-state index contributed by atoms with van der Waals surface area (Å²) in [5.41, 5.74) is 1.49. The molecule has 3 aromatic rings. The van der Waals surface area contributed by atoms with Crippen LogP contribution in [-0.4, -0.2) is 29.3 Å². The minimum Gasteiger partial charge on any atom is -0.362 e. The van der Waals surface area contributed by atoms with Gasteiger partial charge >= 0.3 is 6.03 Å². The molecule has 3 aliphatic rings. The van der Waals surface area contributed by atoms with Crippen molar-refractivity contribution in [1.29, 1.82) is 0 Å². The van der Waals surface area contributed by atoms with E-state index in [9.17, 15) is 24.5 Å². The second-order valence-electron chi connectivity index (χ2n) is 9.14. The second kappa shape index (κ2) is 7.89. The summed E-state index contributed by atoms with van der Waals surface area (Å²) in [6, 6.07) is 16.8. The monoisotopic (exact) mass is 502 g/mol. The van der Waals surface area contributed by atoms with E-state index in [0.29, 0.717) is 23.6 Å². The molecule has 4 amide bonds. The number of benzene rings is 3. The number of fused-ring (bicyclic) bond motifs is 6. The van der Waals surface area contributed by atoms with E-state index in [1.165, 1.54) is 24.3 Å². The lowest BCUT2D eigenvalue weighted by Crippen LogP contribution is -2.70. The van der Waals surface area contributed by atoms with Gasteiger partial charge in [-0.3, -0.25) is 25.0 Å². The molecule has 10 heteroatoms. The molecular weight excluding hydrogens is 484 g/mol. The van der Waals surface area contributed by atoms with Crippen molar-refractivity contribution in [3.8, 4) is 0 Å². The minimum absolute atomic E-state index is 0.0957. The largest absolute Gasteiger partial charge is 0.362 e. The predicted octanol–water partition coefficient (Wildman–Crippen LogP) is 4.18. The van der Waals surface area contributed by atoms with Crippen molar-refractivity contribution in [2.75, 3.05) is 16.3 Å². The number of rotatable bonds is 2. The van der Waals surface area contributed by atoms with E-state index in [4.69, 9.17) is 11.6 Å². The topological polar surface area (TPSA) is 113 Å². The van der Waals surface area contributed by atoms with Crippen molar-refractivity contribution in [3.05, 3.63) is 98.6 Å². The van der Waals surface area contributed by atoms with Crippen LogP contribution in [0.3, 0.4) is 0 Å². The Hall–Kier alpha value is -4.24. The van der Waals surface area contributed by atoms with Gasteiger partial charge in [0.15, 0.2) is 5.41 Å². The number of carbonyl (C=O) groups is 3. The highest BCUT2D eigenvalue weighted by molar-refractivity contribution is 6.32. The zero-order valence-corrected chi connectivity index (χ0v) is 19.6. The van der Waals surface area contributed by atoms with Crippen LogP contribution >= 0.6 is 11.6 Å². The zero-order valence-electron chi connectivity index (χ0n) is 18.8. The van der Waals surface area contributed by atoms with Gasteiger partial charge < -0.3 is 4.90 Å². The van der Waals surface area contributed by atoms with Crippen LogP contribution in [-0.2, 0) is 22.4 Å². The number of barbiturate groups is 1. The van der Waals surface area contributed by atoms with Crippen molar-refractivity contribution >= 4 is 46.5 Å². The Bertz CT molecular complexity index is 1470. The van der Waals surface area contributed by atoms with Gasteiger partial charge in [0, 0.05) is 35.8 Å². The summed E-state index contributed by atoms with van der Waals surface area (Å²) in [4.78, 5) is 55.0. The molecule has 1 N–H and O–H groups in total. The Kier molecular flexibility index (Phi) is 4.87. The van der Waals surface area contributed by atoms with Gasteiger partial charge in [-0.1, -0.05) is 35.9 Å². The van der Waals surface area contributed by atoms with Crippen LogP contribution in [0, 0.1) is 15.5 Å². The molecular formula is C26H19ClN4O5. The first-order valence-electron chi connectivity index (χ1n) is 11.4. The Labute approximate surface area is 210 Å². The van der Waals surface area contributed by atoms with Crippen LogP contribution < -0.4 is 15.1 Å². The summed E-state index contributed by atoms with van der Waals surface area (Å²) in [5, 5.41) is 14.3. The number of urea groups is 1. The molecule has 3 aliphatic heterocycles. The second-order valence-corrected chi connectivity index (χ2v) is 9.58. The summed E-state index contributed by atoms with van der Waals surface area (Å²) in [5.74, 6) is -1.39. The predicted molar refractivity (Wildman–Crippen MR) is 132 cm³/mol. The number of hydrogen-bond donors (Lipinski definition) is 1. The normalized spacial score (nSPS) is 22.6. The highest BCUT2D eigenvalue weighted by Gasteiger charge is 2.63.